The molecule has 2 aromatic carbocycles. The summed E-state index contributed by atoms with van der Waals surface area (Å²) in [4.78, 5) is 21.3. The van der Waals surface area contributed by atoms with Crippen molar-refractivity contribution in [1.29, 1.82) is 0 Å². The molecule has 0 N–H and O–H groups in total. The van der Waals surface area contributed by atoms with Crippen LogP contribution in [0.25, 0.3) is 0 Å². The van der Waals surface area contributed by atoms with Gasteiger partial charge in [0.1, 0.15) is 5.84 Å². The Morgan fingerprint density at radius 3 is 2.52 bits per heavy atom. The second-order valence-corrected chi connectivity index (χ2v) is 7.89. The van der Waals surface area contributed by atoms with Gasteiger partial charge in [-0.1, -0.05) is 42.5 Å². The fraction of sp³-hybridized carbons (Fsp3) is 0.440. The number of para-hydroxylation sites is 1. The molecule has 31 heavy (non-hydrogen) atoms. The van der Waals surface area contributed by atoms with Crippen molar-refractivity contribution < 1.29 is 14.3 Å². The highest BCUT2D eigenvalue weighted by Gasteiger charge is 2.24. The van der Waals surface area contributed by atoms with E-state index in [1.807, 2.05) is 6.92 Å². The summed E-state index contributed by atoms with van der Waals surface area (Å²) < 4.78 is 10.5. The molecule has 0 aromatic heterocycles. The Bertz CT molecular complexity index is 920. The largest absolute Gasteiger partial charge is 0.466 e. The van der Waals surface area contributed by atoms with Crippen molar-refractivity contribution in [3.63, 3.8) is 0 Å². The van der Waals surface area contributed by atoms with E-state index in [4.69, 9.17) is 14.5 Å². The van der Waals surface area contributed by atoms with E-state index in [0.717, 1.165) is 50.7 Å². The number of esters is 1. The first kappa shape index (κ1) is 21.5. The van der Waals surface area contributed by atoms with E-state index in [9.17, 15) is 4.79 Å². The molecule has 0 unspecified atom stereocenters. The zero-order valence-corrected chi connectivity index (χ0v) is 18.3. The first-order valence-electron chi connectivity index (χ1n) is 11.2. The fourth-order valence-electron chi connectivity index (χ4n) is 4.15. The van der Waals surface area contributed by atoms with Gasteiger partial charge in [0.15, 0.2) is 0 Å². The molecule has 4 rings (SSSR count). The number of ether oxygens (including phenoxy) is 2. The van der Waals surface area contributed by atoms with E-state index in [1.54, 1.807) is 0 Å². The van der Waals surface area contributed by atoms with Crippen molar-refractivity contribution in [2.24, 2.45) is 4.99 Å². The lowest BCUT2D eigenvalue weighted by molar-refractivity contribution is -0.144. The molecule has 0 aliphatic carbocycles. The zero-order chi connectivity index (χ0) is 21.5. The van der Waals surface area contributed by atoms with Crippen LogP contribution in [0.1, 0.15) is 30.0 Å². The van der Waals surface area contributed by atoms with Crippen LogP contribution in [0.4, 0.5) is 5.69 Å². The molecule has 2 aromatic rings. The number of benzene rings is 2. The Kier molecular flexibility index (Phi) is 7.33. The lowest BCUT2D eigenvalue weighted by Crippen LogP contribution is -2.49. The molecule has 2 aliphatic heterocycles. The third-order valence-corrected chi connectivity index (χ3v) is 5.84. The van der Waals surface area contributed by atoms with Crippen molar-refractivity contribution in [2.75, 3.05) is 52.5 Å². The van der Waals surface area contributed by atoms with Crippen LogP contribution in [-0.4, -0.2) is 74.1 Å². The molecule has 0 amide bonds. The Morgan fingerprint density at radius 2 is 1.71 bits per heavy atom. The Balaban J connectivity index is 1.33. The van der Waals surface area contributed by atoms with Gasteiger partial charge in [0, 0.05) is 44.7 Å². The Hall–Kier alpha value is -2.70. The van der Waals surface area contributed by atoms with E-state index >= 15 is 0 Å². The molecule has 0 spiro atoms. The molecular formula is C25H31N3O3. The number of hydrogen-bond acceptors (Lipinski definition) is 6. The maximum atomic E-state index is 11.4. The minimum atomic E-state index is -0.192. The van der Waals surface area contributed by atoms with Crippen LogP contribution in [-0.2, 0) is 20.7 Å². The molecule has 6 nitrogen and oxygen atoms in total. The fourth-order valence-corrected chi connectivity index (χ4v) is 4.15. The van der Waals surface area contributed by atoms with Gasteiger partial charge in [0.2, 0.25) is 0 Å². The molecule has 0 bridgehead atoms. The number of hydrogen-bond donors (Lipinski definition) is 0. The Morgan fingerprint density at radius 1 is 0.968 bits per heavy atom. The lowest BCUT2D eigenvalue weighted by atomic mass is 9.99. The number of carbonyl (C=O) groups is 1. The van der Waals surface area contributed by atoms with Crippen LogP contribution in [0.5, 0.6) is 0 Å². The van der Waals surface area contributed by atoms with Crippen LogP contribution in [0.15, 0.2) is 53.5 Å². The van der Waals surface area contributed by atoms with E-state index < -0.39 is 0 Å². The highest BCUT2D eigenvalue weighted by atomic mass is 16.5. The van der Waals surface area contributed by atoms with Gasteiger partial charge >= 0.3 is 5.97 Å². The molecular weight excluding hydrogens is 390 g/mol. The highest BCUT2D eigenvalue weighted by Crippen LogP contribution is 2.29. The maximum Gasteiger partial charge on any atom is 0.308 e. The van der Waals surface area contributed by atoms with Gasteiger partial charge in [-0.15, -0.1) is 0 Å². The first-order chi connectivity index (χ1) is 15.2. The van der Waals surface area contributed by atoms with Crippen LogP contribution in [0.2, 0.25) is 0 Å². The number of amidine groups is 1. The zero-order valence-electron chi connectivity index (χ0n) is 18.3. The molecule has 2 aliphatic rings. The molecule has 6 heteroatoms. The van der Waals surface area contributed by atoms with Gasteiger partial charge in [0.05, 0.1) is 31.9 Å². The normalized spacial score (nSPS) is 16.2. The van der Waals surface area contributed by atoms with Gasteiger partial charge in [-0.05, 0) is 24.1 Å². The summed E-state index contributed by atoms with van der Waals surface area (Å²) in [5.41, 5.74) is 4.94. The topological polar surface area (TPSA) is 54.4 Å². The van der Waals surface area contributed by atoms with Gasteiger partial charge in [-0.25, -0.2) is 4.99 Å². The third kappa shape index (κ3) is 5.51. The summed E-state index contributed by atoms with van der Waals surface area (Å²) in [6, 6.07) is 17.1. The number of fused-ring (bicyclic) bond motifs is 2. The summed E-state index contributed by atoms with van der Waals surface area (Å²) in [5.74, 6) is 0.896. The van der Waals surface area contributed by atoms with Crippen LogP contribution >= 0.6 is 0 Å². The van der Waals surface area contributed by atoms with E-state index in [0.29, 0.717) is 26.2 Å². The van der Waals surface area contributed by atoms with Crippen molar-refractivity contribution >= 4 is 17.5 Å². The van der Waals surface area contributed by atoms with Crippen LogP contribution in [0, 0.1) is 0 Å². The second kappa shape index (κ2) is 10.6. The first-order valence-corrected chi connectivity index (χ1v) is 11.2. The summed E-state index contributed by atoms with van der Waals surface area (Å²) in [6.07, 6.45) is 1.24. The van der Waals surface area contributed by atoms with E-state index in [1.165, 1.54) is 16.7 Å². The number of nitrogens with zero attached hydrogens (tertiary/aromatic N) is 3. The number of piperazine rings is 1. The van der Waals surface area contributed by atoms with Crippen molar-refractivity contribution in [3.8, 4) is 0 Å². The molecule has 2 heterocycles. The molecule has 1 fully saturated rings. The average molecular weight is 422 g/mol. The average Bonchev–Trinajstić information content (AvgIpc) is 2.96. The van der Waals surface area contributed by atoms with Gasteiger partial charge < -0.3 is 14.4 Å². The molecule has 0 saturated carbocycles. The van der Waals surface area contributed by atoms with Gasteiger partial charge in [-0.2, -0.15) is 0 Å². The van der Waals surface area contributed by atoms with Gasteiger partial charge in [0.25, 0.3) is 0 Å². The van der Waals surface area contributed by atoms with E-state index in [-0.39, 0.29) is 5.97 Å². The van der Waals surface area contributed by atoms with Crippen LogP contribution in [0.3, 0.4) is 0 Å². The van der Waals surface area contributed by atoms with Crippen molar-refractivity contribution in [1.82, 2.24) is 9.80 Å². The maximum absolute atomic E-state index is 11.4. The summed E-state index contributed by atoms with van der Waals surface area (Å²) in [5, 5.41) is 0. The number of rotatable bonds is 7. The summed E-state index contributed by atoms with van der Waals surface area (Å²) in [6.45, 7) is 8.01. The molecule has 0 atom stereocenters. The predicted molar refractivity (Wildman–Crippen MR) is 122 cm³/mol. The summed E-state index contributed by atoms with van der Waals surface area (Å²) in [7, 11) is 0. The van der Waals surface area contributed by atoms with E-state index in [2.05, 4.69) is 58.3 Å². The van der Waals surface area contributed by atoms with Crippen LogP contribution < -0.4 is 0 Å². The second-order valence-electron chi connectivity index (χ2n) is 7.89. The van der Waals surface area contributed by atoms with Crippen molar-refractivity contribution in [3.05, 3.63) is 65.2 Å². The quantitative estimate of drug-likeness (QED) is 0.507. The minimum Gasteiger partial charge on any atom is -0.466 e. The standard InChI is InChI=1S/C25H31N3O3/c1-2-31-24(29)11-17-30-18-16-27-12-14-28(15-13-27)25-22-9-5-3-7-20(22)19-21-8-4-6-10-23(21)26-25/h3-10H,2,11-19H2,1H3. The smallest absolute Gasteiger partial charge is 0.308 e. The third-order valence-electron chi connectivity index (χ3n) is 5.84. The van der Waals surface area contributed by atoms with Gasteiger partial charge in [-0.3, -0.25) is 9.69 Å². The summed E-state index contributed by atoms with van der Waals surface area (Å²) >= 11 is 0. The number of aliphatic imine (C=N–C) groups is 1. The highest BCUT2D eigenvalue weighted by molar-refractivity contribution is 6.02. The SMILES string of the molecule is CCOC(=O)CCOCCN1CCN(C2=Nc3ccccc3Cc3ccccc32)CC1. The molecule has 0 radical (unpaired) electrons. The lowest BCUT2D eigenvalue weighted by Gasteiger charge is -2.36. The Labute approximate surface area is 184 Å². The molecule has 164 valence electrons. The monoisotopic (exact) mass is 421 g/mol. The number of carbonyl (C=O) groups excluding carboxylic acids is 1. The minimum absolute atomic E-state index is 0.192. The molecule has 1 saturated heterocycles. The van der Waals surface area contributed by atoms with Crippen molar-refractivity contribution in [2.45, 2.75) is 19.8 Å². The predicted octanol–water partition coefficient (Wildman–Crippen LogP) is 3.26.